The fourth-order valence-corrected chi connectivity index (χ4v) is 2.73. The molecule has 1 aromatic carbocycles. The van der Waals surface area contributed by atoms with Gasteiger partial charge in [-0.05, 0) is 46.5 Å². The highest BCUT2D eigenvalue weighted by Gasteiger charge is 2.25. The Kier molecular flexibility index (Phi) is 3.70. The minimum Gasteiger partial charge on any atom is -0.391 e. The van der Waals surface area contributed by atoms with E-state index < -0.39 is 0 Å². The van der Waals surface area contributed by atoms with Gasteiger partial charge >= 0.3 is 0 Å². The zero-order valence-corrected chi connectivity index (χ0v) is 11.3. The fraction of sp³-hybridized carbons (Fsp3) is 0.462. The normalized spacial score (nSPS) is 24.5. The fourth-order valence-electron chi connectivity index (χ4n) is 2.10. The van der Waals surface area contributed by atoms with Gasteiger partial charge in [0.2, 0.25) is 0 Å². The molecule has 0 aliphatic carbocycles. The van der Waals surface area contributed by atoms with Crippen LogP contribution in [0.3, 0.4) is 0 Å². The van der Waals surface area contributed by atoms with Gasteiger partial charge in [0.05, 0.1) is 23.4 Å². The van der Waals surface area contributed by atoms with Crippen LogP contribution < -0.4 is 4.90 Å². The smallest absolute Gasteiger partial charge is 0.0992 e. The molecule has 2 rings (SSSR count). The number of β-amino-alcohol motifs (C(OH)–C–C–N with tert-alkyl or cyclic N) is 1. The average Bonchev–Trinajstić information content (AvgIpc) is 2.32. The third-order valence-electron chi connectivity index (χ3n) is 3.34. The van der Waals surface area contributed by atoms with Gasteiger partial charge in [0, 0.05) is 17.6 Å². The van der Waals surface area contributed by atoms with E-state index in [4.69, 9.17) is 5.26 Å². The number of hydrogen-bond donors (Lipinski definition) is 1. The zero-order chi connectivity index (χ0) is 12.4. The number of halogens is 1. The van der Waals surface area contributed by atoms with Crippen LogP contribution in [0.15, 0.2) is 22.7 Å². The quantitative estimate of drug-likeness (QED) is 0.866. The Morgan fingerprint density at radius 3 is 2.88 bits per heavy atom. The number of rotatable bonds is 1. The Bertz CT molecular complexity index is 455. The van der Waals surface area contributed by atoms with Crippen molar-refractivity contribution in [3.05, 3.63) is 28.2 Å². The Morgan fingerprint density at radius 2 is 2.29 bits per heavy atom. The van der Waals surface area contributed by atoms with Crippen LogP contribution in [-0.2, 0) is 0 Å². The van der Waals surface area contributed by atoms with Gasteiger partial charge in [0.25, 0.3) is 0 Å². The highest BCUT2D eigenvalue weighted by Crippen LogP contribution is 2.30. The summed E-state index contributed by atoms with van der Waals surface area (Å²) < 4.78 is 0.915. The Morgan fingerprint density at radius 1 is 1.53 bits per heavy atom. The van der Waals surface area contributed by atoms with E-state index in [9.17, 15) is 5.11 Å². The first-order valence-corrected chi connectivity index (χ1v) is 6.54. The van der Waals surface area contributed by atoms with Crippen molar-refractivity contribution in [2.45, 2.75) is 19.4 Å². The van der Waals surface area contributed by atoms with E-state index in [0.29, 0.717) is 18.0 Å². The van der Waals surface area contributed by atoms with Crippen LogP contribution in [0, 0.1) is 17.2 Å². The predicted molar refractivity (Wildman–Crippen MR) is 70.9 cm³/mol. The van der Waals surface area contributed by atoms with Gasteiger partial charge in [-0.25, -0.2) is 0 Å². The number of nitrogens with zero attached hydrogens (tertiary/aromatic N) is 2. The van der Waals surface area contributed by atoms with Crippen LogP contribution in [0.1, 0.15) is 18.9 Å². The van der Waals surface area contributed by atoms with Crippen molar-refractivity contribution in [2.24, 2.45) is 5.92 Å². The topological polar surface area (TPSA) is 47.3 Å². The molecule has 0 saturated carbocycles. The predicted octanol–water partition coefficient (Wildman–Crippen LogP) is 2.53. The first-order chi connectivity index (χ1) is 8.11. The van der Waals surface area contributed by atoms with Crippen LogP contribution in [0.25, 0.3) is 0 Å². The molecule has 1 aromatic rings. The van der Waals surface area contributed by atoms with Crippen molar-refractivity contribution < 1.29 is 5.11 Å². The summed E-state index contributed by atoms with van der Waals surface area (Å²) in [5.41, 5.74) is 1.70. The molecular weight excluding hydrogens is 280 g/mol. The maximum Gasteiger partial charge on any atom is 0.0992 e. The molecule has 1 aliphatic heterocycles. The maximum atomic E-state index is 9.89. The minimum atomic E-state index is -0.272. The van der Waals surface area contributed by atoms with Crippen LogP contribution >= 0.6 is 15.9 Å². The Labute approximate surface area is 110 Å². The van der Waals surface area contributed by atoms with Crippen molar-refractivity contribution in [2.75, 3.05) is 18.0 Å². The molecule has 0 bridgehead atoms. The summed E-state index contributed by atoms with van der Waals surface area (Å²) in [5.74, 6) is 0.364. The highest BCUT2D eigenvalue weighted by atomic mass is 79.9. The summed E-state index contributed by atoms with van der Waals surface area (Å²) >= 11 is 3.48. The van der Waals surface area contributed by atoms with Crippen LogP contribution in [0.4, 0.5) is 5.69 Å². The molecule has 1 aliphatic rings. The lowest BCUT2D eigenvalue weighted by Crippen LogP contribution is -2.43. The first-order valence-electron chi connectivity index (χ1n) is 5.74. The molecule has 0 aromatic heterocycles. The van der Waals surface area contributed by atoms with Crippen molar-refractivity contribution in [3.63, 3.8) is 0 Å². The van der Waals surface area contributed by atoms with Crippen LogP contribution in [-0.4, -0.2) is 24.3 Å². The van der Waals surface area contributed by atoms with E-state index in [1.165, 1.54) is 0 Å². The molecule has 1 heterocycles. The average molecular weight is 295 g/mol. The van der Waals surface area contributed by atoms with E-state index in [-0.39, 0.29) is 6.10 Å². The Hall–Kier alpha value is -1.05. The van der Waals surface area contributed by atoms with Crippen molar-refractivity contribution in [1.29, 1.82) is 5.26 Å². The minimum absolute atomic E-state index is 0.272. The van der Waals surface area contributed by atoms with Gasteiger partial charge in [-0.15, -0.1) is 0 Å². The number of hydrogen-bond acceptors (Lipinski definition) is 3. The number of benzene rings is 1. The van der Waals surface area contributed by atoms with Crippen LogP contribution in [0.2, 0.25) is 0 Å². The van der Waals surface area contributed by atoms with Gasteiger partial charge < -0.3 is 10.0 Å². The summed E-state index contributed by atoms with van der Waals surface area (Å²) in [6, 6.07) is 7.68. The molecule has 1 fully saturated rings. The third-order valence-corrected chi connectivity index (χ3v) is 3.97. The van der Waals surface area contributed by atoms with Gasteiger partial charge in [0.15, 0.2) is 0 Å². The molecule has 2 unspecified atom stereocenters. The highest BCUT2D eigenvalue weighted by molar-refractivity contribution is 9.10. The zero-order valence-electron chi connectivity index (χ0n) is 9.73. The lowest BCUT2D eigenvalue weighted by Gasteiger charge is -2.36. The molecule has 0 spiro atoms. The maximum absolute atomic E-state index is 9.89. The monoisotopic (exact) mass is 294 g/mol. The Balaban J connectivity index is 2.21. The van der Waals surface area contributed by atoms with Gasteiger partial charge in [0.1, 0.15) is 0 Å². The van der Waals surface area contributed by atoms with E-state index in [1.807, 2.05) is 18.2 Å². The van der Waals surface area contributed by atoms with E-state index >= 15 is 0 Å². The third kappa shape index (κ3) is 2.62. The number of aliphatic hydroxyl groups excluding tert-OH is 1. The molecule has 3 nitrogen and oxygen atoms in total. The second-order valence-corrected chi connectivity index (χ2v) is 5.41. The molecule has 90 valence electrons. The number of anilines is 1. The van der Waals surface area contributed by atoms with Crippen molar-refractivity contribution in [1.82, 2.24) is 0 Å². The number of piperidine rings is 1. The van der Waals surface area contributed by atoms with E-state index in [2.05, 4.69) is 33.8 Å². The second kappa shape index (κ2) is 5.07. The standard InChI is InChI=1S/C13H15BrN2O/c1-9-4-5-16(8-13(9)17)12-3-2-10(7-15)6-11(12)14/h2-3,6,9,13,17H,4-5,8H2,1H3. The molecule has 1 N–H and O–H groups in total. The number of nitriles is 1. The molecule has 17 heavy (non-hydrogen) atoms. The van der Waals surface area contributed by atoms with Crippen molar-refractivity contribution >= 4 is 21.6 Å². The van der Waals surface area contributed by atoms with E-state index in [0.717, 1.165) is 23.1 Å². The molecule has 2 atom stereocenters. The van der Waals surface area contributed by atoms with Gasteiger partial charge in [-0.2, -0.15) is 5.26 Å². The molecule has 0 radical (unpaired) electrons. The first kappa shape index (κ1) is 12.4. The summed E-state index contributed by atoms with van der Waals surface area (Å²) in [6.45, 7) is 3.68. The molecular formula is C13H15BrN2O. The second-order valence-electron chi connectivity index (χ2n) is 4.56. The SMILES string of the molecule is CC1CCN(c2ccc(C#N)cc2Br)CC1O. The van der Waals surface area contributed by atoms with Gasteiger partial charge in [-0.3, -0.25) is 0 Å². The van der Waals surface area contributed by atoms with Gasteiger partial charge in [-0.1, -0.05) is 6.92 Å². The summed E-state index contributed by atoms with van der Waals surface area (Å²) in [7, 11) is 0. The summed E-state index contributed by atoms with van der Waals surface area (Å²) in [4.78, 5) is 2.16. The number of aliphatic hydroxyl groups is 1. The molecule has 4 heteroatoms. The molecule has 0 amide bonds. The summed E-state index contributed by atoms with van der Waals surface area (Å²) in [6.07, 6.45) is 0.722. The van der Waals surface area contributed by atoms with Crippen LogP contribution in [0.5, 0.6) is 0 Å². The lowest BCUT2D eigenvalue weighted by molar-refractivity contribution is 0.103. The summed E-state index contributed by atoms with van der Waals surface area (Å²) in [5, 5.41) is 18.7. The molecule has 1 saturated heterocycles. The largest absolute Gasteiger partial charge is 0.391 e. The van der Waals surface area contributed by atoms with Crippen molar-refractivity contribution in [3.8, 4) is 6.07 Å². The lowest BCUT2D eigenvalue weighted by atomic mass is 9.95. The van der Waals surface area contributed by atoms with E-state index in [1.54, 1.807) is 0 Å².